The molecule has 3 aliphatic rings. The second kappa shape index (κ2) is 16.0. The van der Waals surface area contributed by atoms with Gasteiger partial charge in [-0.05, 0) is 26.0 Å². The summed E-state index contributed by atoms with van der Waals surface area (Å²) in [5.41, 5.74) is 10.1. The number of nitrogens with one attached hydrogen (secondary N) is 2. The number of H-pyrrole nitrogens is 2. The summed E-state index contributed by atoms with van der Waals surface area (Å²) in [6.07, 6.45) is -14.5. The Bertz CT molecular complexity index is 2910. The number of aromatic nitrogens is 8. The van der Waals surface area contributed by atoms with Crippen molar-refractivity contribution in [3.8, 4) is 22.8 Å². The minimum atomic E-state index is -5.33. The standard InChI is InChI=1S/C36H36N10O16P2/c1-13(47)15-5-3-7-17(9-15)27-39-21-29(41-35(37)43-31(21)51)45(27)33-23(49)25-19(59-33)11-57-64(55,56)62-26-20(12-58-63(53,54)61-25)60-34(24(26)50)46-28(18-8-4-6-16(10-18)14(2)48)40-22-30(46)42-36(38)44-32(22)52/h3-10,19-20,23-26,33-34,49-50H,11-12H2,1-2H3,(H,53,54)(H,55,56)(H3,37,41,43,51)(H3,38,42,44,52)/t19-,20-,23+,24?,25?,26+,33-,34-/m1/s1. The quantitative estimate of drug-likeness (QED) is 0.0841. The molecule has 3 aliphatic heterocycles. The van der Waals surface area contributed by atoms with Crippen LogP contribution in [0.15, 0.2) is 58.1 Å². The Morgan fingerprint density at radius 1 is 0.688 bits per heavy atom. The number of imidazole rings is 2. The van der Waals surface area contributed by atoms with E-state index in [-0.39, 0.29) is 79.7 Å². The summed E-state index contributed by atoms with van der Waals surface area (Å²) in [6, 6.07) is 12.1. The molecule has 4 aromatic heterocycles. The maximum Gasteiger partial charge on any atom is 0.472 e. The van der Waals surface area contributed by atoms with E-state index in [1.807, 2.05) is 0 Å². The monoisotopic (exact) mass is 926 g/mol. The number of rotatable bonds is 6. The zero-order chi connectivity index (χ0) is 45.6. The number of carbonyl (C=O) groups is 2. The molecule has 0 aliphatic carbocycles. The molecular formula is C36H36N10O16P2. The fourth-order valence-corrected chi connectivity index (χ4v) is 9.67. The van der Waals surface area contributed by atoms with Crippen LogP contribution in [-0.4, -0.2) is 120 Å². The van der Waals surface area contributed by atoms with Gasteiger partial charge < -0.3 is 40.9 Å². The number of nitrogens with two attached hydrogens (primary N) is 2. The number of carbonyl (C=O) groups excluding carboxylic acids is 2. The molecule has 28 heteroatoms. The van der Waals surface area contributed by atoms with Crippen LogP contribution in [-0.2, 0) is 36.7 Å². The number of nitrogen functional groups attached to an aromatic ring is 2. The van der Waals surface area contributed by atoms with Gasteiger partial charge >= 0.3 is 15.6 Å². The Labute approximate surface area is 356 Å². The fourth-order valence-electron chi connectivity index (χ4n) is 7.74. The third-order valence-corrected chi connectivity index (χ3v) is 12.6. The summed E-state index contributed by atoms with van der Waals surface area (Å²) in [5, 5.41) is 23.7. The molecule has 10 atom stereocenters. The molecule has 0 saturated carbocycles. The predicted octanol–water partition coefficient (Wildman–Crippen LogP) is 0.691. The number of Topliss-reactive ketones (excluding diaryl/α,β-unsaturated/α-hetero) is 2. The molecule has 0 spiro atoms. The van der Waals surface area contributed by atoms with Crippen LogP contribution >= 0.6 is 15.6 Å². The second-order valence-corrected chi connectivity index (χ2v) is 17.7. The third-order valence-electron chi connectivity index (χ3n) is 10.6. The van der Waals surface area contributed by atoms with Crippen molar-refractivity contribution in [1.82, 2.24) is 39.0 Å². The van der Waals surface area contributed by atoms with Gasteiger partial charge in [0.15, 0.2) is 46.4 Å². The number of phosphoric acid groups is 2. The number of anilines is 2. The highest BCUT2D eigenvalue weighted by Gasteiger charge is 2.54. The minimum absolute atomic E-state index is 0.0834. The topological polar surface area (TPSA) is 384 Å². The highest BCUT2D eigenvalue weighted by molar-refractivity contribution is 7.47. The number of nitrogens with zero attached hydrogens (tertiary/aromatic N) is 6. The molecule has 3 saturated heterocycles. The van der Waals surface area contributed by atoms with E-state index >= 15 is 0 Å². The Morgan fingerprint density at radius 2 is 1.08 bits per heavy atom. The van der Waals surface area contributed by atoms with Crippen LogP contribution < -0.4 is 22.6 Å². The van der Waals surface area contributed by atoms with Gasteiger partial charge in [-0.1, -0.05) is 36.4 Å². The molecule has 4 unspecified atom stereocenters. The smallest absolute Gasteiger partial charge is 0.386 e. The van der Waals surface area contributed by atoms with E-state index < -0.39 is 89.1 Å². The molecule has 26 nitrogen and oxygen atoms in total. The van der Waals surface area contributed by atoms with E-state index in [0.717, 1.165) is 9.13 Å². The van der Waals surface area contributed by atoms with Gasteiger partial charge in [0.2, 0.25) is 11.9 Å². The van der Waals surface area contributed by atoms with E-state index in [1.54, 1.807) is 0 Å². The lowest BCUT2D eigenvalue weighted by Crippen LogP contribution is -2.39. The molecule has 336 valence electrons. The van der Waals surface area contributed by atoms with E-state index in [2.05, 4.69) is 29.9 Å². The second-order valence-electron chi connectivity index (χ2n) is 14.9. The normalized spacial score (nSPS) is 29.8. The number of aliphatic hydroxyl groups excluding tert-OH is 2. The van der Waals surface area contributed by atoms with E-state index in [0.29, 0.717) is 0 Å². The van der Waals surface area contributed by atoms with Gasteiger partial charge in [0.05, 0.1) is 13.2 Å². The first-order valence-corrected chi connectivity index (χ1v) is 22.0. The molecule has 9 rings (SSSR count). The molecule has 6 aromatic rings. The number of aromatic amines is 2. The van der Waals surface area contributed by atoms with Gasteiger partial charge in [-0.15, -0.1) is 0 Å². The summed E-state index contributed by atoms with van der Waals surface area (Å²) in [7, 11) is -10.7. The summed E-state index contributed by atoms with van der Waals surface area (Å²) in [4.78, 5) is 94.6. The SMILES string of the molecule is CC(=O)c1cccc(-c2nc3c(=O)[nH]c(N)nc3n2[C@@H]2O[C@@H]3COP(=O)(O)OC4[C@@H](COP(=O)(O)O[C@@H]3C2O)O[C@@H](n2c(-c3cccc(C(C)=O)c3)nc3c(=O)[nH]c(N)nc32)[C@H]4O)c1. The summed E-state index contributed by atoms with van der Waals surface area (Å²) < 4.78 is 63.5. The van der Waals surface area contributed by atoms with E-state index in [1.165, 1.54) is 62.4 Å². The highest BCUT2D eigenvalue weighted by Crippen LogP contribution is 2.54. The van der Waals surface area contributed by atoms with E-state index in [4.69, 9.17) is 39.0 Å². The third kappa shape index (κ3) is 7.78. The zero-order valence-electron chi connectivity index (χ0n) is 33.1. The van der Waals surface area contributed by atoms with Crippen molar-refractivity contribution in [1.29, 1.82) is 0 Å². The van der Waals surface area contributed by atoms with Crippen molar-refractivity contribution < 1.29 is 66.3 Å². The number of benzene rings is 2. The molecule has 3 fully saturated rings. The van der Waals surface area contributed by atoms with Gasteiger partial charge in [-0.2, -0.15) is 9.97 Å². The van der Waals surface area contributed by atoms with Crippen LogP contribution in [0.3, 0.4) is 0 Å². The lowest BCUT2D eigenvalue weighted by atomic mass is 10.1. The van der Waals surface area contributed by atoms with Gasteiger partial charge in [-0.25, -0.2) is 19.1 Å². The summed E-state index contributed by atoms with van der Waals surface area (Å²) in [6.45, 7) is 0.673. The van der Waals surface area contributed by atoms with Crippen LogP contribution in [0.4, 0.5) is 11.9 Å². The number of hydrogen-bond donors (Lipinski definition) is 8. The Morgan fingerprint density at radius 3 is 1.45 bits per heavy atom. The van der Waals surface area contributed by atoms with Crippen molar-refractivity contribution in [3.05, 3.63) is 80.4 Å². The van der Waals surface area contributed by atoms with Crippen LogP contribution in [0.25, 0.3) is 45.1 Å². The van der Waals surface area contributed by atoms with Gasteiger partial charge in [-0.3, -0.25) is 56.4 Å². The van der Waals surface area contributed by atoms with Gasteiger partial charge in [0.1, 0.15) is 48.3 Å². The first-order chi connectivity index (χ1) is 30.3. The zero-order valence-corrected chi connectivity index (χ0v) is 34.9. The number of hydrogen-bond acceptors (Lipinski definition) is 20. The predicted molar refractivity (Wildman–Crippen MR) is 217 cm³/mol. The molecule has 2 aromatic carbocycles. The molecule has 7 heterocycles. The average molecular weight is 927 g/mol. The number of fused-ring (bicyclic) bond motifs is 4. The molecule has 0 bridgehead atoms. The lowest BCUT2D eigenvalue weighted by molar-refractivity contribution is -0.0660. The van der Waals surface area contributed by atoms with E-state index in [9.17, 15) is 48.3 Å². The lowest BCUT2D eigenvalue weighted by Gasteiger charge is -2.27. The number of ketones is 2. The first kappa shape index (κ1) is 43.4. The van der Waals surface area contributed by atoms with Crippen LogP contribution in [0.1, 0.15) is 47.0 Å². The largest absolute Gasteiger partial charge is 0.472 e. The Kier molecular flexibility index (Phi) is 10.8. The Hall–Kier alpha value is -5.86. The Balaban J connectivity index is 1.07. The summed E-state index contributed by atoms with van der Waals surface area (Å²) >= 11 is 0. The highest BCUT2D eigenvalue weighted by atomic mass is 31.2. The van der Waals surface area contributed by atoms with Gasteiger partial charge in [0.25, 0.3) is 11.1 Å². The molecule has 0 radical (unpaired) electrons. The molecule has 10 N–H and O–H groups in total. The fraction of sp³-hybridized carbons (Fsp3) is 0.333. The molecular weight excluding hydrogens is 890 g/mol. The molecule has 64 heavy (non-hydrogen) atoms. The average Bonchev–Trinajstić information content (AvgIpc) is 3.97. The van der Waals surface area contributed by atoms with Crippen LogP contribution in [0.2, 0.25) is 0 Å². The van der Waals surface area contributed by atoms with Crippen LogP contribution in [0.5, 0.6) is 0 Å². The van der Waals surface area contributed by atoms with Gasteiger partial charge in [0, 0.05) is 22.3 Å². The van der Waals surface area contributed by atoms with Crippen molar-refractivity contribution in [2.45, 2.75) is 62.9 Å². The van der Waals surface area contributed by atoms with Crippen molar-refractivity contribution in [2.24, 2.45) is 0 Å². The van der Waals surface area contributed by atoms with Crippen molar-refractivity contribution >= 4 is 61.4 Å². The maximum atomic E-state index is 13.7. The first-order valence-electron chi connectivity index (χ1n) is 19.1. The number of aliphatic hydroxyl groups is 2. The maximum absolute atomic E-state index is 13.7. The summed E-state index contributed by atoms with van der Waals surface area (Å²) in [5.74, 6) is -1.52. The van der Waals surface area contributed by atoms with Crippen molar-refractivity contribution in [3.63, 3.8) is 0 Å². The van der Waals surface area contributed by atoms with Crippen molar-refractivity contribution in [2.75, 3.05) is 24.7 Å². The number of ether oxygens (including phenoxy) is 2. The number of phosphoric ester groups is 2. The minimum Gasteiger partial charge on any atom is -0.386 e. The van der Waals surface area contributed by atoms with Crippen LogP contribution in [0, 0.1) is 0 Å². The molecule has 0 amide bonds.